The molecule has 1 aromatic rings. The number of aliphatic hydroxyl groups excluding tert-OH is 1. The van der Waals surface area contributed by atoms with Gasteiger partial charge in [0.25, 0.3) is 0 Å². The van der Waals surface area contributed by atoms with Crippen LogP contribution >= 0.6 is 11.6 Å². The van der Waals surface area contributed by atoms with Crippen molar-refractivity contribution in [2.24, 2.45) is 5.41 Å². The summed E-state index contributed by atoms with van der Waals surface area (Å²) in [5.41, 5.74) is 1.19. The van der Waals surface area contributed by atoms with Crippen molar-refractivity contribution in [3.8, 4) is 0 Å². The number of pyridine rings is 1. The van der Waals surface area contributed by atoms with Gasteiger partial charge in [0, 0.05) is 19.0 Å². The number of rotatable bonds is 3. The van der Waals surface area contributed by atoms with Crippen LogP contribution in [0.2, 0.25) is 5.02 Å². The Labute approximate surface area is 95.3 Å². The quantitative estimate of drug-likeness (QED) is 0.858. The first-order valence-corrected chi connectivity index (χ1v) is 5.83. The average molecular weight is 226 g/mol. The summed E-state index contributed by atoms with van der Waals surface area (Å²) in [5.74, 6) is 0. The Morgan fingerprint density at radius 3 is 2.73 bits per heavy atom. The molecule has 1 aliphatic carbocycles. The summed E-state index contributed by atoms with van der Waals surface area (Å²) >= 11 is 6.08. The van der Waals surface area contributed by atoms with Crippen molar-refractivity contribution in [2.45, 2.75) is 32.1 Å². The number of aromatic nitrogens is 1. The Morgan fingerprint density at radius 1 is 1.40 bits per heavy atom. The van der Waals surface area contributed by atoms with Gasteiger partial charge in [-0.1, -0.05) is 24.4 Å². The number of hydrogen-bond donors (Lipinski definition) is 1. The number of nitrogens with zero attached hydrogens (tertiary/aromatic N) is 1. The van der Waals surface area contributed by atoms with Gasteiger partial charge in [-0.15, -0.1) is 0 Å². The van der Waals surface area contributed by atoms with Crippen molar-refractivity contribution in [1.29, 1.82) is 0 Å². The van der Waals surface area contributed by atoms with Crippen molar-refractivity contribution >= 4 is 11.6 Å². The van der Waals surface area contributed by atoms with Crippen molar-refractivity contribution < 1.29 is 5.11 Å². The molecule has 2 nitrogen and oxygen atoms in total. The second-order valence-corrected chi connectivity index (χ2v) is 4.92. The first kappa shape index (κ1) is 10.9. The molecule has 1 heterocycles. The Bertz CT molecular complexity index is 334. The smallest absolute Gasteiger partial charge is 0.0621 e. The molecule has 3 heteroatoms. The third-order valence-electron chi connectivity index (χ3n) is 3.42. The summed E-state index contributed by atoms with van der Waals surface area (Å²) in [6, 6.07) is 1.96. The third-order valence-corrected chi connectivity index (χ3v) is 3.76. The first-order chi connectivity index (χ1) is 7.26. The molecule has 1 aliphatic rings. The lowest BCUT2D eigenvalue weighted by atomic mass is 9.81. The largest absolute Gasteiger partial charge is 0.396 e. The van der Waals surface area contributed by atoms with Crippen LogP contribution < -0.4 is 0 Å². The number of halogens is 1. The molecule has 1 aromatic heterocycles. The zero-order valence-corrected chi connectivity index (χ0v) is 9.50. The summed E-state index contributed by atoms with van der Waals surface area (Å²) in [5, 5.41) is 10.2. The van der Waals surface area contributed by atoms with E-state index in [9.17, 15) is 5.11 Å². The predicted molar refractivity (Wildman–Crippen MR) is 60.9 cm³/mol. The monoisotopic (exact) mass is 225 g/mol. The van der Waals surface area contributed by atoms with Crippen LogP contribution in [0.3, 0.4) is 0 Å². The van der Waals surface area contributed by atoms with Crippen LogP contribution in [0, 0.1) is 5.41 Å². The van der Waals surface area contributed by atoms with Crippen LogP contribution in [-0.2, 0) is 6.42 Å². The van der Waals surface area contributed by atoms with Gasteiger partial charge in [-0.25, -0.2) is 0 Å². The Morgan fingerprint density at radius 2 is 2.13 bits per heavy atom. The summed E-state index contributed by atoms with van der Waals surface area (Å²) in [4.78, 5) is 3.97. The van der Waals surface area contributed by atoms with E-state index in [1.54, 1.807) is 12.4 Å². The maximum absolute atomic E-state index is 9.51. The number of aliphatic hydroxyl groups is 1. The molecule has 1 fully saturated rings. The second kappa shape index (κ2) is 4.50. The standard InChI is InChI=1S/C12H16ClNO/c13-11-8-14-6-3-10(11)7-12(9-15)4-1-2-5-12/h3,6,8,15H,1-2,4-5,7,9H2. The van der Waals surface area contributed by atoms with Crippen molar-refractivity contribution in [1.82, 2.24) is 4.98 Å². The fourth-order valence-electron chi connectivity index (χ4n) is 2.47. The fraction of sp³-hybridized carbons (Fsp3) is 0.583. The Hall–Kier alpha value is -0.600. The maximum Gasteiger partial charge on any atom is 0.0621 e. The van der Waals surface area contributed by atoms with Gasteiger partial charge >= 0.3 is 0 Å². The molecular formula is C12H16ClNO. The highest BCUT2D eigenvalue weighted by molar-refractivity contribution is 6.31. The molecule has 0 radical (unpaired) electrons. The summed E-state index contributed by atoms with van der Waals surface area (Å²) in [6.07, 6.45) is 9.00. The molecule has 15 heavy (non-hydrogen) atoms. The highest BCUT2D eigenvalue weighted by atomic mass is 35.5. The number of hydrogen-bond acceptors (Lipinski definition) is 2. The van der Waals surface area contributed by atoms with Crippen LogP contribution in [0.4, 0.5) is 0 Å². The van der Waals surface area contributed by atoms with Gasteiger partial charge in [-0.3, -0.25) is 4.98 Å². The fourth-order valence-corrected chi connectivity index (χ4v) is 2.65. The minimum absolute atomic E-state index is 0.0744. The highest BCUT2D eigenvalue weighted by Gasteiger charge is 2.33. The zero-order chi connectivity index (χ0) is 10.7. The molecule has 0 aromatic carbocycles. The molecule has 0 saturated heterocycles. The normalized spacial score (nSPS) is 19.3. The SMILES string of the molecule is OCC1(Cc2ccncc2Cl)CCCC1. The van der Waals surface area contributed by atoms with E-state index in [1.165, 1.54) is 12.8 Å². The van der Waals surface area contributed by atoms with Gasteiger partial charge < -0.3 is 5.11 Å². The van der Waals surface area contributed by atoms with E-state index in [0.29, 0.717) is 0 Å². The van der Waals surface area contributed by atoms with E-state index in [2.05, 4.69) is 4.98 Å². The van der Waals surface area contributed by atoms with Gasteiger partial charge in [-0.05, 0) is 36.3 Å². The lowest BCUT2D eigenvalue weighted by molar-refractivity contribution is 0.130. The second-order valence-electron chi connectivity index (χ2n) is 4.51. The van der Waals surface area contributed by atoms with Crippen LogP contribution in [0.15, 0.2) is 18.5 Å². The highest BCUT2D eigenvalue weighted by Crippen LogP contribution is 2.41. The van der Waals surface area contributed by atoms with Gasteiger partial charge in [0.05, 0.1) is 5.02 Å². The molecule has 2 rings (SSSR count). The molecule has 0 unspecified atom stereocenters. The molecule has 0 amide bonds. The van der Waals surface area contributed by atoms with E-state index >= 15 is 0 Å². The molecule has 0 spiro atoms. The van der Waals surface area contributed by atoms with Crippen LogP contribution in [0.5, 0.6) is 0 Å². The van der Waals surface area contributed by atoms with Gasteiger partial charge in [0.2, 0.25) is 0 Å². The van der Waals surface area contributed by atoms with E-state index < -0.39 is 0 Å². The minimum atomic E-state index is 0.0744. The topological polar surface area (TPSA) is 33.1 Å². The Kier molecular flexibility index (Phi) is 3.27. The van der Waals surface area contributed by atoms with Gasteiger partial charge in [-0.2, -0.15) is 0 Å². The molecule has 1 saturated carbocycles. The molecule has 0 aliphatic heterocycles. The third kappa shape index (κ3) is 2.32. The van der Waals surface area contributed by atoms with Crippen molar-refractivity contribution in [3.63, 3.8) is 0 Å². The molecular weight excluding hydrogens is 210 g/mol. The van der Waals surface area contributed by atoms with Crippen LogP contribution in [0.25, 0.3) is 0 Å². The average Bonchev–Trinajstić information content (AvgIpc) is 2.71. The molecule has 1 N–H and O–H groups in total. The van der Waals surface area contributed by atoms with E-state index in [-0.39, 0.29) is 12.0 Å². The van der Waals surface area contributed by atoms with Crippen molar-refractivity contribution in [2.75, 3.05) is 6.61 Å². The predicted octanol–water partition coefficient (Wildman–Crippen LogP) is 2.83. The maximum atomic E-state index is 9.51. The van der Waals surface area contributed by atoms with Crippen LogP contribution in [-0.4, -0.2) is 16.7 Å². The minimum Gasteiger partial charge on any atom is -0.396 e. The first-order valence-electron chi connectivity index (χ1n) is 5.45. The Balaban J connectivity index is 2.16. The van der Waals surface area contributed by atoms with Gasteiger partial charge in [0.1, 0.15) is 0 Å². The van der Waals surface area contributed by atoms with Crippen molar-refractivity contribution in [3.05, 3.63) is 29.0 Å². The molecule has 0 bridgehead atoms. The lowest BCUT2D eigenvalue weighted by Gasteiger charge is -2.26. The zero-order valence-electron chi connectivity index (χ0n) is 8.75. The molecule has 82 valence electrons. The summed E-state index contributed by atoms with van der Waals surface area (Å²) < 4.78 is 0. The van der Waals surface area contributed by atoms with Crippen LogP contribution in [0.1, 0.15) is 31.2 Å². The van der Waals surface area contributed by atoms with E-state index in [1.807, 2.05) is 6.07 Å². The lowest BCUT2D eigenvalue weighted by Crippen LogP contribution is -2.24. The summed E-state index contributed by atoms with van der Waals surface area (Å²) in [7, 11) is 0. The van der Waals surface area contributed by atoms with E-state index in [4.69, 9.17) is 11.6 Å². The summed E-state index contributed by atoms with van der Waals surface area (Å²) in [6.45, 7) is 0.269. The molecule has 0 atom stereocenters. The van der Waals surface area contributed by atoms with E-state index in [0.717, 1.165) is 29.8 Å². The van der Waals surface area contributed by atoms with Gasteiger partial charge in [0.15, 0.2) is 0 Å².